The summed E-state index contributed by atoms with van der Waals surface area (Å²) in [5, 5.41) is 5.45. The third kappa shape index (κ3) is 5.12. The summed E-state index contributed by atoms with van der Waals surface area (Å²) in [6.07, 6.45) is 0.974. The molecule has 3 atom stereocenters. The lowest BCUT2D eigenvalue weighted by Crippen LogP contribution is -2.56. The van der Waals surface area contributed by atoms with Crippen LogP contribution in [0.3, 0.4) is 0 Å². The van der Waals surface area contributed by atoms with Gasteiger partial charge in [0.15, 0.2) is 0 Å². The third-order valence-electron chi connectivity index (χ3n) is 4.45. The fraction of sp³-hybridized carbons (Fsp3) is 0.588. The molecule has 24 heavy (non-hydrogen) atoms. The molecule has 2 radical (unpaired) electrons. The molecule has 2 amide bonds. The second-order valence-corrected chi connectivity index (χ2v) is 8.41. The Balaban J connectivity index is 1.95. The maximum Gasteiger partial charge on any atom is 0.321 e. The number of benzene rings is 1. The van der Waals surface area contributed by atoms with Crippen LogP contribution in [-0.4, -0.2) is 50.2 Å². The van der Waals surface area contributed by atoms with Crippen LogP contribution in [-0.2, 0) is 0 Å². The van der Waals surface area contributed by atoms with Gasteiger partial charge in [-0.1, -0.05) is 13.8 Å². The van der Waals surface area contributed by atoms with Crippen LogP contribution >= 0.6 is 9.24 Å². The molecule has 0 aliphatic carbocycles. The van der Waals surface area contributed by atoms with E-state index in [1.807, 2.05) is 24.1 Å². The Morgan fingerprint density at radius 1 is 1.42 bits per heavy atom. The van der Waals surface area contributed by atoms with Crippen molar-refractivity contribution in [1.29, 1.82) is 0 Å². The molecule has 1 heterocycles. The topological polar surface area (TPSA) is 53.6 Å². The summed E-state index contributed by atoms with van der Waals surface area (Å²) < 4.78 is 5.54. The summed E-state index contributed by atoms with van der Waals surface area (Å²) in [4.78, 5) is 14.3. The lowest BCUT2D eigenvalue weighted by molar-refractivity contribution is 0.110. The number of nitrogens with zero attached hydrogens (tertiary/aromatic N) is 1. The highest BCUT2D eigenvalue weighted by atomic mass is 31.0. The second kappa shape index (κ2) is 7.32. The van der Waals surface area contributed by atoms with Gasteiger partial charge in [-0.05, 0) is 50.1 Å². The van der Waals surface area contributed by atoms with Crippen molar-refractivity contribution in [3.8, 4) is 5.75 Å². The first-order valence-corrected chi connectivity index (χ1v) is 8.78. The van der Waals surface area contributed by atoms with Crippen molar-refractivity contribution in [2.45, 2.75) is 38.5 Å². The van der Waals surface area contributed by atoms with E-state index in [-0.39, 0.29) is 17.5 Å². The maximum absolute atomic E-state index is 12.5. The molecule has 1 fully saturated rings. The Labute approximate surface area is 148 Å². The quantitative estimate of drug-likeness (QED) is 0.650. The van der Waals surface area contributed by atoms with Crippen LogP contribution in [0.25, 0.3) is 0 Å². The van der Waals surface area contributed by atoms with Gasteiger partial charge in [-0.3, -0.25) is 0 Å². The van der Waals surface area contributed by atoms with E-state index in [0.29, 0.717) is 12.3 Å². The maximum atomic E-state index is 12.5. The number of urea groups is 1. The van der Waals surface area contributed by atoms with Crippen LogP contribution < -0.4 is 15.4 Å². The largest absolute Gasteiger partial charge is 0.494 e. The van der Waals surface area contributed by atoms with E-state index in [1.54, 1.807) is 19.1 Å². The predicted molar refractivity (Wildman–Crippen MR) is 103 cm³/mol. The number of nitrogens with one attached hydrogen (secondary N) is 2. The Morgan fingerprint density at radius 2 is 2.04 bits per heavy atom. The van der Waals surface area contributed by atoms with Crippen LogP contribution in [0.5, 0.6) is 5.75 Å². The van der Waals surface area contributed by atoms with Gasteiger partial charge < -0.3 is 20.3 Å². The van der Waals surface area contributed by atoms with Crippen molar-refractivity contribution >= 4 is 28.8 Å². The zero-order valence-electron chi connectivity index (χ0n) is 14.9. The number of anilines is 1. The molecule has 1 aliphatic rings. The fourth-order valence-corrected chi connectivity index (χ4v) is 3.02. The number of carbonyl (C=O) groups is 1. The summed E-state index contributed by atoms with van der Waals surface area (Å²) in [6, 6.07) is 7.42. The van der Waals surface area contributed by atoms with Crippen LogP contribution in [0.1, 0.15) is 27.2 Å². The lowest BCUT2D eigenvalue weighted by Gasteiger charge is -2.43. The Hall–Kier alpha value is -1.26. The summed E-state index contributed by atoms with van der Waals surface area (Å²) in [7, 11) is 10.2. The average Bonchev–Trinajstić information content (AvgIpc) is 2.47. The predicted octanol–water partition coefficient (Wildman–Crippen LogP) is 2.63. The molecule has 1 aromatic rings. The van der Waals surface area contributed by atoms with Crippen molar-refractivity contribution < 1.29 is 9.53 Å². The molecule has 1 aliphatic heterocycles. The standard InChI is InChI=1S/C17H27BN3O2P/c1-16(2)9-10-21(11-14(16)19-4)15(22)20-12-5-7-13(8-6-12)23-17(3,18)24/h5-8,14,19H,9-11,24H2,1-4H3,(H,20,22). The van der Waals surface area contributed by atoms with Gasteiger partial charge in [0.1, 0.15) is 13.6 Å². The number of likely N-dealkylation sites (N-methyl/N-ethyl adjacent to an activating group) is 1. The van der Waals surface area contributed by atoms with Gasteiger partial charge in [0.2, 0.25) is 0 Å². The van der Waals surface area contributed by atoms with E-state index < -0.39 is 5.24 Å². The molecule has 3 unspecified atom stereocenters. The van der Waals surface area contributed by atoms with Crippen molar-refractivity contribution in [3.05, 3.63) is 24.3 Å². The average molecular weight is 347 g/mol. The van der Waals surface area contributed by atoms with Crippen LogP contribution in [0.4, 0.5) is 10.5 Å². The Bertz CT molecular complexity index is 572. The van der Waals surface area contributed by atoms with Gasteiger partial charge >= 0.3 is 6.03 Å². The minimum Gasteiger partial charge on any atom is -0.494 e. The number of likely N-dealkylation sites (tertiary alicyclic amines) is 1. The zero-order chi connectivity index (χ0) is 18.0. The molecule has 2 N–H and O–H groups in total. The number of rotatable bonds is 4. The smallest absolute Gasteiger partial charge is 0.321 e. The SMILES string of the molecule is [B]C(C)(P)Oc1ccc(NC(=O)N2CCC(C)(C)C(NC)C2)cc1. The monoisotopic (exact) mass is 347 g/mol. The van der Waals surface area contributed by atoms with Crippen molar-refractivity contribution in [3.63, 3.8) is 0 Å². The van der Waals surface area contributed by atoms with Crippen LogP contribution in [0.2, 0.25) is 0 Å². The summed E-state index contributed by atoms with van der Waals surface area (Å²) in [5.74, 6) is 0.656. The van der Waals surface area contributed by atoms with Crippen LogP contribution in [0, 0.1) is 5.41 Å². The summed E-state index contributed by atoms with van der Waals surface area (Å²) in [6.45, 7) is 7.69. The number of hydrogen-bond donors (Lipinski definition) is 2. The minimum atomic E-state index is -0.812. The molecular weight excluding hydrogens is 320 g/mol. The fourth-order valence-electron chi connectivity index (χ4n) is 2.89. The first kappa shape index (κ1) is 19.1. The van der Waals surface area contributed by atoms with Gasteiger partial charge in [-0.15, -0.1) is 9.24 Å². The molecule has 1 aromatic carbocycles. The molecule has 130 valence electrons. The zero-order valence-corrected chi connectivity index (χ0v) is 16.1. The number of piperidine rings is 1. The van der Waals surface area contributed by atoms with Gasteiger partial charge in [0.25, 0.3) is 0 Å². The highest BCUT2D eigenvalue weighted by molar-refractivity contribution is 7.21. The highest BCUT2D eigenvalue weighted by Gasteiger charge is 2.36. The lowest BCUT2D eigenvalue weighted by atomic mass is 9.78. The summed E-state index contributed by atoms with van der Waals surface area (Å²) >= 11 is 0. The normalized spacial score (nSPS) is 22.5. The van der Waals surface area contributed by atoms with Crippen molar-refractivity contribution in [2.75, 3.05) is 25.5 Å². The molecule has 0 aromatic heterocycles. The van der Waals surface area contributed by atoms with E-state index in [4.69, 9.17) is 12.6 Å². The molecule has 7 heteroatoms. The second-order valence-electron chi connectivity index (χ2n) is 7.27. The van der Waals surface area contributed by atoms with E-state index in [0.717, 1.165) is 18.7 Å². The highest BCUT2D eigenvalue weighted by Crippen LogP contribution is 2.30. The van der Waals surface area contributed by atoms with Crippen molar-refractivity contribution in [2.24, 2.45) is 5.41 Å². The first-order valence-electron chi connectivity index (χ1n) is 8.21. The minimum absolute atomic E-state index is 0.0749. The Morgan fingerprint density at radius 3 is 2.58 bits per heavy atom. The number of carbonyl (C=O) groups excluding carboxylic acids is 1. The van der Waals surface area contributed by atoms with Crippen molar-refractivity contribution in [1.82, 2.24) is 10.2 Å². The first-order chi connectivity index (χ1) is 11.1. The molecule has 0 spiro atoms. The van der Waals surface area contributed by atoms with E-state index in [9.17, 15) is 4.79 Å². The molecule has 5 nitrogen and oxygen atoms in total. The van der Waals surface area contributed by atoms with Crippen LogP contribution in [0.15, 0.2) is 24.3 Å². The molecular formula is C17H27BN3O2P. The number of hydrogen-bond acceptors (Lipinski definition) is 3. The molecule has 0 saturated carbocycles. The van der Waals surface area contributed by atoms with Gasteiger partial charge in [-0.25, -0.2) is 4.79 Å². The number of ether oxygens (including phenoxy) is 1. The van der Waals surface area contributed by atoms with Gasteiger partial charge in [0.05, 0.1) is 5.24 Å². The third-order valence-corrected chi connectivity index (χ3v) is 4.57. The van der Waals surface area contributed by atoms with E-state index in [2.05, 4.69) is 33.7 Å². The van der Waals surface area contributed by atoms with E-state index >= 15 is 0 Å². The van der Waals surface area contributed by atoms with E-state index in [1.165, 1.54) is 0 Å². The molecule has 2 rings (SSSR count). The van der Waals surface area contributed by atoms with Gasteiger partial charge in [-0.2, -0.15) is 0 Å². The number of amides is 2. The van der Waals surface area contributed by atoms with Gasteiger partial charge in [0, 0.05) is 24.8 Å². The Kier molecular flexibility index (Phi) is 5.82. The summed E-state index contributed by atoms with van der Waals surface area (Å²) in [5.41, 5.74) is 0.929. The molecule has 1 saturated heterocycles. The molecule has 0 bridgehead atoms.